The zero-order chi connectivity index (χ0) is 10.9. The molecule has 0 amide bonds. The summed E-state index contributed by atoms with van der Waals surface area (Å²) in [7, 11) is 0. The fourth-order valence-corrected chi connectivity index (χ4v) is 2.81. The van der Waals surface area contributed by atoms with Crippen molar-refractivity contribution < 1.29 is 5.11 Å². The maximum atomic E-state index is 9.81. The van der Waals surface area contributed by atoms with Gasteiger partial charge in [0.2, 0.25) is 0 Å². The Hall–Kier alpha value is -0.120. The molecule has 2 rings (SSSR count). The Morgan fingerprint density at radius 1 is 1.33 bits per heavy atom. The van der Waals surface area contributed by atoms with Crippen molar-refractivity contribution in [3.63, 3.8) is 0 Å². The van der Waals surface area contributed by atoms with Gasteiger partial charge in [0.1, 0.15) is 0 Å². The minimum atomic E-state index is -0.542. The van der Waals surface area contributed by atoms with Crippen LogP contribution in [0.2, 0.25) is 0 Å². The number of piperidine rings is 1. The third-order valence-corrected chi connectivity index (χ3v) is 3.63. The molecular formula is C12H24N2O. The Labute approximate surface area is 92.8 Å². The van der Waals surface area contributed by atoms with Crippen molar-refractivity contribution in [2.45, 2.75) is 32.3 Å². The van der Waals surface area contributed by atoms with Gasteiger partial charge in [-0.3, -0.25) is 0 Å². The van der Waals surface area contributed by atoms with Crippen LogP contribution in [0.1, 0.15) is 26.7 Å². The van der Waals surface area contributed by atoms with Crippen LogP contribution in [0.3, 0.4) is 0 Å². The van der Waals surface area contributed by atoms with Gasteiger partial charge in [0.05, 0.1) is 5.60 Å². The summed E-state index contributed by atoms with van der Waals surface area (Å²) in [5.41, 5.74) is -0.542. The van der Waals surface area contributed by atoms with Gasteiger partial charge in [-0.2, -0.15) is 0 Å². The van der Waals surface area contributed by atoms with Crippen molar-refractivity contribution in [1.29, 1.82) is 0 Å². The fraction of sp³-hybridized carbons (Fsp3) is 1.00. The number of nitrogens with one attached hydrogen (secondary N) is 1. The Kier molecular flexibility index (Phi) is 3.33. The molecule has 0 aromatic carbocycles. The zero-order valence-electron chi connectivity index (χ0n) is 10.00. The van der Waals surface area contributed by atoms with E-state index >= 15 is 0 Å². The van der Waals surface area contributed by atoms with E-state index in [1.165, 1.54) is 39.0 Å². The second kappa shape index (κ2) is 4.40. The summed E-state index contributed by atoms with van der Waals surface area (Å²) in [6, 6.07) is 0. The maximum Gasteiger partial charge on any atom is 0.0718 e. The first-order chi connectivity index (χ1) is 7.04. The monoisotopic (exact) mass is 212 g/mol. The normalized spacial score (nSPS) is 30.2. The molecule has 0 unspecified atom stereocenters. The molecule has 0 radical (unpaired) electrons. The van der Waals surface area contributed by atoms with Crippen LogP contribution in [0.25, 0.3) is 0 Å². The van der Waals surface area contributed by atoms with E-state index < -0.39 is 5.60 Å². The first-order valence-electron chi connectivity index (χ1n) is 6.20. The van der Waals surface area contributed by atoms with Gasteiger partial charge in [-0.15, -0.1) is 0 Å². The molecule has 2 N–H and O–H groups in total. The van der Waals surface area contributed by atoms with Gasteiger partial charge in [-0.1, -0.05) is 0 Å². The molecule has 0 bridgehead atoms. The molecule has 0 aliphatic carbocycles. The van der Waals surface area contributed by atoms with E-state index in [0.717, 1.165) is 18.4 Å². The van der Waals surface area contributed by atoms with Gasteiger partial charge < -0.3 is 15.3 Å². The molecule has 2 aliphatic rings. The Morgan fingerprint density at radius 2 is 2.07 bits per heavy atom. The highest BCUT2D eigenvalue weighted by Crippen LogP contribution is 2.27. The first-order valence-corrected chi connectivity index (χ1v) is 6.20. The lowest BCUT2D eigenvalue weighted by atomic mass is 9.81. The zero-order valence-corrected chi connectivity index (χ0v) is 10.00. The lowest BCUT2D eigenvalue weighted by molar-refractivity contribution is 0.0114. The molecule has 1 atom stereocenters. The summed E-state index contributed by atoms with van der Waals surface area (Å²) in [5, 5.41) is 13.2. The van der Waals surface area contributed by atoms with E-state index in [9.17, 15) is 5.11 Å². The van der Waals surface area contributed by atoms with E-state index in [0.29, 0.717) is 0 Å². The van der Waals surface area contributed by atoms with Crippen LogP contribution in [0.15, 0.2) is 0 Å². The van der Waals surface area contributed by atoms with Crippen LogP contribution >= 0.6 is 0 Å². The summed E-state index contributed by atoms with van der Waals surface area (Å²) < 4.78 is 0. The molecule has 88 valence electrons. The predicted octanol–water partition coefficient (Wildman–Crippen LogP) is 0.689. The van der Waals surface area contributed by atoms with Crippen LogP contribution in [0.4, 0.5) is 0 Å². The summed E-state index contributed by atoms with van der Waals surface area (Å²) in [5.74, 6) is 1.76. The van der Waals surface area contributed by atoms with Crippen molar-refractivity contribution in [3.05, 3.63) is 0 Å². The van der Waals surface area contributed by atoms with Crippen molar-refractivity contribution in [2.75, 3.05) is 32.7 Å². The molecule has 3 heteroatoms. The highest BCUT2D eigenvalue weighted by atomic mass is 16.3. The van der Waals surface area contributed by atoms with Crippen LogP contribution < -0.4 is 5.32 Å². The van der Waals surface area contributed by atoms with Crippen molar-refractivity contribution in [2.24, 2.45) is 11.8 Å². The minimum Gasteiger partial charge on any atom is -0.389 e. The topological polar surface area (TPSA) is 35.5 Å². The summed E-state index contributed by atoms with van der Waals surface area (Å²) in [6.45, 7) is 9.41. The lowest BCUT2D eigenvalue weighted by Gasteiger charge is -2.42. The van der Waals surface area contributed by atoms with E-state index in [1.807, 2.05) is 13.8 Å². The van der Waals surface area contributed by atoms with Crippen LogP contribution in [-0.4, -0.2) is 48.3 Å². The van der Waals surface area contributed by atoms with Crippen LogP contribution in [0.5, 0.6) is 0 Å². The third kappa shape index (κ3) is 3.16. The second-order valence-electron chi connectivity index (χ2n) is 5.87. The summed E-state index contributed by atoms with van der Waals surface area (Å²) in [4.78, 5) is 2.44. The molecular weight excluding hydrogens is 188 g/mol. The highest BCUT2D eigenvalue weighted by Gasteiger charge is 2.32. The summed E-state index contributed by atoms with van der Waals surface area (Å²) >= 11 is 0. The van der Waals surface area contributed by atoms with Crippen LogP contribution in [-0.2, 0) is 0 Å². The highest BCUT2D eigenvalue weighted by molar-refractivity contribution is 4.87. The molecule has 0 aromatic heterocycles. The molecule has 0 saturated carbocycles. The molecule has 2 aliphatic heterocycles. The number of nitrogens with zero attached hydrogens (tertiary/aromatic N) is 1. The first kappa shape index (κ1) is 11.4. The molecule has 2 fully saturated rings. The van der Waals surface area contributed by atoms with Gasteiger partial charge in [-0.05, 0) is 58.2 Å². The number of hydrogen-bond donors (Lipinski definition) is 2. The largest absolute Gasteiger partial charge is 0.389 e. The van der Waals surface area contributed by atoms with Crippen molar-refractivity contribution >= 4 is 0 Å². The Morgan fingerprint density at radius 3 is 2.60 bits per heavy atom. The molecule has 15 heavy (non-hydrogen) atoms. The molecule has 0 aromatic rings. The average Bonchev–Trinajstić information content (AvgIpc) is 1.97. The number of rotatable bonds is 3. The predicted molar refractivity (Wildman–Crippen MR) is 61.8 cm³/mol. The van der Waals surface area contributed by atoms with Gasteiger partial charge in [0, 0.05) is 13.1 Å². The third-order valence-electron chi connectivity index (χ3n) is 3.63. The standard InChI is InChI=1S/C12H24N2O/c1-12(2,15)9-14-5-3-4-10(8-14)11-6-13-7-11/h10-11,13,15H,3-9H2,1-2H3/t10-/m0/s1. The number of hydrogen-bond acceptors (Lipinski definition) is 3. The fourth-order valence-electron chi connectivity index (χ4n) is 2.81. The van der Waals surface area contributed by atoms with Gasteiger partial charge in [0.15, 0.2) is 0 Å². The average molecular weight is 212 g/mol. The Balaban J connectivity index is 1.81. The van der Waals surface area contributed by atoms with Crippen LogP contribution in [0, 0.1) is 11.8 Å². The maximum absolute atomic E-state index is 9.81. The van der Waals surface area contributed by atoms with Crippen molar-refractivity contribution in [1.82, 2.24) is 10.2 Å². The number of β-amino-alcohol motifs (C(OH)–C–C–N with tert-alkyl or cyclic N) is 1. The van der Waals surface area contributed by atoms with E-state index in [2.05, 4.69) is 10.2 Å². The molecule has 0 spiro atoms. The van der Waals surface area contributed by atoms with E-state index in [4.69, 9.17) is 0 Å². The second-order valence-corrected chi connectivity index (χ2v) is 5.87. The minimum absolute atomic E-state index is 0.542. The summed E-state index contributed by atoms with van der Waals surface area (Å²) in [6.07, 6.45) is 2.69. The van der Waals surface area contributed by atoms with Gasteiger partial charge in [-0.25, -0.2) is 0 Å². The Bertz CT molecular complexity index is 208. The molecule has 2 saturated heterocycles. The van der Waals surface area contributed by atoms with Crippen molar-refractivity contribution in [3.8, 4) is 0 Å². The smallest absolute Gasteiger partial charge is 0.0718 e. The van der Waals surface area contributed by atoms with E-state index in [1.54, 1.807) is 0 Å². The lowest BCUT2D eigenvalue weighted by Crippen LogP contribution is -2.52. The van der Waals surface area contributed by atoms with Gasteiger partial charge >= 0.3 is 0 Å². The SMILES string of the molecule is CC(C)(O)CN1CCC[C@H](C2CNC2)C1. The van der Waals surface area contributed by atoms with Gasteiger partial charge in [0.25, 0.3) is 0 Å². The van der Waals surface area contributed by atoms with E-state index in [-0.39, 0.29) is 0 Å². The molecule has 3 nitrogen and oxygen atoms in total. The quantitative estimate of drug-likeness (QED) is 0.722. The molecule has 2 heterocycles. The number of likely N-dealkylation sites (tertiary alicyclic amines) is 1. The number of aliphatic hydroxyl groups is 1.